The molecule has 0 aliphatic carbocycles. The molecule has 10 heteroatoms. The van der Waals surface area contributed by atoms with E-state index in [1.165, 1.54) is 24.3 Å². The summed E-state index contributed by atoms with van der Waals surface area (Å²) in [4.78, 5) is 36.9. The number of hydrogen-bond donors (Lipinski definition) is 0. The molecule has 0 fully saturated rings. The quantitative estimate of drug-likeness (QED) is 0.298. The molecule has 2 aromatic carbocycles. The minimum Gasteiger partial charge on any atom is -0.460 e. The van der Waals surface area contributed by atoms with Crippen molar-refractivity contribution in [2.24, 2.45) is 0 Å². The average Bonchev–Trinajstić information content (AvgIpc) is 3.25. The van der Waals surface area contributed by atoms with Gasteiger partial charge in [0.25, 0.3) is 11.4 Å². The Kier molecular flexibility index (Phi) is 6.24. The SMILES string of the molecule is O=C(OCc1ccc([N+](=O)[O-])cc1)C1Cc2sccc2CN1Cc1ccc([N+](=O)[O-])cc1. The molecule has 164 valence electrons. The second kappa shape index (κ2) is 9.25. The number of fused-ring (bicyclic) bond motifs is 1. The second-order valence-corrected chi connectivity index (χ2v) is 8.45. The third kappa shape index (κ3) is 4.82. The van der Waals surface area contributed by atoms with Gasteiger partial charge in [-0.3, -0.25) is 29.9 Å². The highest BCUT2D eigenvalue weighted by Crippen LogP contribution is 2.30. The van der Waals surface area contributed by atoms with E-state index in [1.807, 2.05) is 16.3 Å². The molecule has 0 saturated carbocycles. The van der Waals surface area contributed by atoms with E-state index >= 15 is 0 Å². The number of benzene rings is 2. The van der Waals surface area contributed by atoms with Gasteiger partial charge >= 0.3 is 5.97 Å². The minimum absolute atomic E-state index is 0.0200. The number of nitro benzene ring substituents is 2. The number of thiophene rings is 1. The fourth-order valence-electron chi connectivity index (χ4n) is 3.64. The molecule has 9 nitrogen and oxygen atoms in total. The monoisotopic (exact) mass is 453 g/mol. The van der Waals surface area contributed by atoms with Crippen LogP contribution in [0.5, 0.6) is 0 Å². The molecule has 0 spiro atoms. The third-order valence-corrected chi connectivity index (χ3v) is 6.35. The summed E-state index contributed by atoms with van der Waals surface area (Å²) in [5.74, 6) is -0.371. The Labute approximate surface area is 187 Å². The highest BCUT2D eigenvalue weighted by molar-refractivity contribution is 7.10. The van der Waals surface area contributed by atoms with E-state index < -0.39 is 15.9 Å². The topological polar surface area (TPSA) is 116 Å². The first kappa shape index (κ1) is 21.6. The van der Waals surface area contributed by atoms with Crippen molar-refractivity contribution in [3.63, 3.8) is 0 Å². The maximum Gasteiger partial charge on any atom is 0.324 e. The second-order valence-electron chi connectivity index (χ2n) is 7.45. The molecule has 0 saturated heterocycles. The smallest absolute Gasteiger partial charge is 0.324 e. The summed E-state index contributed by atoms with van der Waals surface area (Å²) < 4.78 is 5.54. The number of carbonyl (C=O) groups excluding carboxylic acids is 1. The molecule has 1 aliphatic heterocycles. The normalized spacial score (nSPS) is 15.7. The van der Waals surface area contributed by atoms with Gasteiger partial charge in [-0.05, 0) is 40.3 Å². The Hall–Kier alpha value is -3.63. The van der Waals surface area contributed by atoms with Gasteiger partial charge in [-0.25, -0.2) is 0 Å². The number of esters is 1. The molecular formula is C22H19N3O6S. The van der Waals surface area contributed by atoms with Crippen LogP contribution < -0.4 is 0 Å². The number of ether oxygens (including phenoxy) is 1. The Balaban J connectivity index is 1.46. The van der Waals surface area contributed by atoms with E-state index in [-0.39, 0.29) is 24.0 Å². The Morgan fingerprint density at radius 3 is 2.16 bits per heavy atom. The van der Waals surface area contributed by atoms with Gasteiger partial charge in [0.15, 0.2) is 0 Å². The van der Waals surface area contributed by atoms with Crippen molar-refractivity contribution in [3.05, 3.63) is 102 Å². The molecule has 32 heavy (non-hydrogen) atoms. The maximum atomic E-state index is 13.0. The van der Waals surface area contributed by atoms with E-state index in [4.69, 9.17) is 4.74 Å². The number of non-ortho nitro benzene ring substituents is 2. The van der Waals surface area contributed by atoms with Gasteiger partial charge in [0.1, 0.15) is 12.6 Å². The summed E-state index contributed by atoms with van der Waals surface area (Å²) in [7, 11) is 0. The van der Waals surface area contributed by atoms with Crippen molar-refractivity contribution in [2.45, 2.75) is 32.2 Å². The maximum absolute atomic E-state index is 13.0. The summed E-state index contributed by atoms with van der Waals surface area (Å²) in [5.41, 5.74) is 2.69. The lowest BCUT2D eigenvalue weighted by atomic mass is 10.0. The molecular weight excluding hydrogens is 434 g/mol. The van der Waals surface area contributed by atoms with Crippen LogP contribution in [0, 0.1) is 20.2 Å². The molecule has 3 aromatic rings. The molecule has 0 radical (unpaired) electrons. The number of hydrogen-bond acceptors (Lipinski definition) is 8. The van der Waals surface area contributed by atoms with Gasteiger partial charge in [0.2, 0.25) is 0 Å². The molecule has 4 rings (SSSR count). The van der Waals surface area contributed by atoms with Crippen LogP contribution in [-0.2, 0) is 35.6 Å². The van der Waals surface area contributed by atoms with Crippen LogP contribution in [0.15, 0.2) is 60.0 Å². The predicted molar refractivity (Wildman–Crippen MR) is 117 cm³/mol. The molecule has 1 aliphatic rings. The predicted octanol–water partition coefficient (Wildman–Crippen LogP) is 4.23. The van der Waals surface area contributed by atoms with Crippen LogP contribution in [0.2, 0.25) is 0 Å². The molecule has 1 aromatic heterocycles. The van der Waals surface area contributed by atoms with E-state index in [0.717, 1.165) is 16.0 Å². The first-order chi connectivity index (χ1) is 15.4. The number of nitrogens with zero attached hydrogens (tertiary/aromatic N) is 3. The van der Waals surface area contributed by atoms with Gasteiger partial charge in [-0.2, -0.15) is 0 Å². The lowest BCUT2D eigenvalue weighted by Gasteiger charge is -2.34. The summed E-state index contributed by atoms with van der Waals surface area (Å²) >= 11 is 1.61. The fraction of sp³-hybridized carbons (Fsp3) is 0.227. The van der Waals surface area contributed by atoms with Crippen molar-refractivity contribution in [3.8, 4) is 0 Å². The van der Waals surface area contributed by atoms with Gasteiger partial charge in [0.05, 0.1) is 9.85 Å². The molecule has 0 amide bonds. The molecule has 2 heterocycles. The van der Waals surface area contributed by atoms with E-state index in [9.17, 15) is 25.0 Å². The fourth-order valence-corrected chi connectivity index (χ4v) is 4.58. The zero-order valence-corrected chi connectivity index (χ0v) is 17.7. The minimum atomic E-state index is -0.491. The molecule has 1 atom stereocenters. The summed E-state index contributed by atoms with van der Waals surface area (Å²) in [6, 6.07) is 13.7. The van der Waals surface area contributed by atoms with E-state index in [2.05, 4.69) is 0 Å². The Morgan fingerprint density at radius 1 is 0.969 bits per heavy atom. The lowest BCUT2D eigenvalue weighted by Crippen LogP contribution is -2.45. The van der Waals surface area contributed by atoms with Crippen LogP contribution >= 0.6 is 11.3 Å². The highest BCUT2D eigenvalue weighted by Gasteiger charge is 2.33. The summed E-state index contributed by atoms with van der Waals surface area (Å²) in [5, 5.41) is 23.7. The zero-order chi connectivity index (χ0) is 22.7. The zero-order valence-electron chi connectivity index (χ0n) is 16.9. The Bertz CT molecular complexity index is 1140. The van der Waals surface area contributed by atoms with Gasteiger partial charge < -0.3 is 4.74 Å². The first-order valence-corrected chi connectivity index (χ1v) is 10.7. The van der Waals surface area contributed by atoms with Gasteiger partial charge in [0, 0.05) is 48.7 Å². The number of nitro groups is 2. The summed E-state index contributed by atoms with van der Waals surface area (Å²) in [6.45, 7) is 1.05. The van der Waals surface area contributed by atoms with Crippen molar-refractivity contribution >= 4 is 28.7 Å². The largest absolute Gasteiger partial charge is 0.460 e. The molecule has 1 unspecified atom stereocenters. The van der Waals surface area contributed by atoms with Crippen molar-refractivity contribution < 1.29 is 19.4 Å². The number of rotatable bonds is 7. The third-order valence-electron chi connectivity index (χ3n) is 5.36. The molecule has 0 bridgehead atoms. The van der Waals surface area contributed by atoms with Crippen molar-refractivity contribution in [1.29, 1.82) is 0 Å². The van der Waals surface area contributed by atoms with Crippen LogP contribution in [-0.4, -0.2) is 26.8 Å². The first-order valence-electron chi connectivity index (χ1n) is 9.83. The van der Waals surface area contributed by atoms with Crippen LogP contribution in [0.3, 0.4) is 0 Å². The van der Waals surface area contributed by atoms with Crippen LogP contribution in [0.4, 0.5) is 11.4 Å². The van der Waals surface area contributed by atoms with Gasteiger partial charge in [-0.15, -0.1) is 11.3 Å². The lowest BCUT2D eigenvalue weighted by molar-refractivity contribution is -0.385. The average molecular weight is 453 g/mol. The van der Waals surface area contributed by atoms with Gasteiger partial charge in [-0.1, -0.05) is 12.1 Å². The summed E-state index contributed by atoms with van der Waals surface area (Å²) in [6.07, 6.45) is 0.527. The Morgan fingerprint density at radius 2 is 1.56 bits per heavy atom. The highest BCUT2D eigenvalue weighted by atomic mass is 32.1. The van der Waals surface area contributed by atoms with Crippen LogP contribution in [0.25, 0.3) is 0 Å². The van der Waals surface area contributed by atoms with Crippen molar-refractivity contribution in [2.75, 3.05) is 0 Å². The van der Waals surface area contributed by atoms with E-state index in [0.29, 0.717) is 25.1 Å². The van der Waals surface area contributed by atoms with Crippen molar-refractivity contribution in [1.82, 2.24) is 4.90 Å². The number of carbonyl (C=O) groups is 1. The van der Waals surface area contributed by atoms with E-state index in [1.54, 1.807) is 35.6 Å². The standard InChI is InChI=1S/C22H19N3O6S/c26-22(31-14-16-3-7-19(8-4-16)25(29)30)20-11-21-17(9-10-32-21)13-23(20)12-15-1-5-18(6-2-15)24(27)28/h1-10,20H,11-14H2. The van der Waals surface area contributed by atoms with Crippen LogP contribution in [0.1, 0.15) is 21.6 Å². The molecule has 0 N–H and O–H groups in total.